The van der Waals surface area contributed by atoms with Gasteiger partial charge in [0.25, 0.3) is 0 Å². The minimum absolute atomic E-state index is 0.0324. The van der Waals surface area contributed by atoms with Crippen LogP contribution in [-0.4, -0.2) is 23.8 Å². The quantitative estimate of drug-likeness (QED) is 0.615. The number of phenolic OH excluding ortho intramolecular Hbond substituents is 1. The van der Waals surface area contributed by atoms with Gasteiger partial charge in [0, 0.05) is 5.92 Å². The van der Waals surface area contributed by atoms with Gasteiger partial charge in [-0.05, 0) is 43.5 Å². The molecule has 0 atom stereocenters. The molecule has 0 heterocycles. The highest BCUT2D eigenvalue weighted by atomic mass is 16.5. The molecule has 1 aromatic rings. The van der Waals surface area contributed by atoms with E-state index in [4.69, 9.17) is 4.74 Å². The fraction of sp³-hybridized carbons (Fsp3) is 0.385. The molecule has 5 heteroatoms. The van der Waals surface area contributed by atoms with Crippen molar-refractivity contribution in [1.29, 1.82) is 0 Å². The van der Waals surface area contributed by atoms with Crippen molar-refractivity contribution in [2.24, 2.45) is 11.0 Å². The number of rotatable bonds is 5. The first kappa shape index (κ1) is 12.4. The predicted octanol–water partition coefficient (Wildman–Crippen LogP) is 1.65. The van der Waals surface area contributed by atoms with Crippen LogP contribution in [0.25, 0.3) is 0 Å². The smallest absolute Gasteiger partial charge is 0.243 e. The second kappa shape index (κ2) is 5.53. The molecular formula is C13H16N2O3. The molecule has 1 aliphatic rings. The Morgan fingerprint density at radius 1 is 1.61 bits per heavy atom. The van der Waals surface area contributed by atoms with E-state index in [1.807, 2.05) is 6.92 Å². The lowest BCUT2D eigenvalue weighted by molar-refractivity contribution is -0.122. The van der Waals surface area contributed by atoms with Crippen molar-refractivity contribution < 1.29 is 14.6 Å². The van der Waals surface area contributed by atoms with E-state index in [0.717, 1.165) is 18.4 Å². The van der Waals surface area contributed by atoms with Gasteiger partial charge in [0.1, 0.15) is 0 Å². The van der Waals surface area contributed by atoms with Crippen molar-refractivity contribution in [2.75, 3.05) is 6.61 Å². The summed E-state index contributed by atoms with van der Waals surface area (Å²) in [6.45, 7) is 2.32. The van der Waals surface area contributed by atoms with Gasteiger partial charge in [0.15, 0.2) is 11.5 Å². The summed E-state index contributed by atoms with van der Waals surface area (Å²) >= 11 is 0. The standard InChI is InChI=1S/C13H16N2O3/c1-2-18-12-7-9(3-6-11(12)16)8-14-15-13(17)10-4-5-10/h3,6-8,10,16H,2,4-5H2,1H3,(H,15,17)/b14-8+. The summed E-state index contributed by atoms with van der Waals surface area (Å²) < 4.78 is 5.25. The lowest BCUT2D eigenvalue weighted by atomic mass is 10.2. The van der Waals surface area contributed by atoms with Gasteiger partial charge in [-0.25, -0.2) is 5.43 Å². The van der Waals surface area contributed by atoms with E-state index in [1.54, 1.807) is 12.1 Å². The first-order valence-electron chi connectivity index (χ1n) is 5.99. The number of amides is 1. The molecule has 0 saturated heterocycles. The van der Waals surface area contributed by atoms with Crippen molar-refractivity contribution in [1.82, 2.24) is 5.43 Å². The summed E-state index contributed by atoms with van der Waals surface area (Å²) in [7, 11) is 0. The SMILES string of the molecule is CCOc1cc(/C=N/NC(=O)C2CC2)ccc1O. The Bertz CT molecular complexity index is 467. The van der Waals surface area contributed by atoms with E-state index in [9.17, 15) is 9.90 Å². The van der Waals surface area contributed by atoms with Crippen molar-refractivity contribution in [3.05, 3.63) is 23.8 Å². The van der Waals surface area contributed by atoms with E-state index in [0.29, 0.717) is 12.4 Å². The number of hydrazone groups is 1. The van der Waals surface area contributed by atoms with Crippen LogP contribution in [-0.2, 0) is 4.79 Å². The summed E-state index contributed by atoms with van der Waals surface area (Å²) in [5.41, 5.74) is 3.24. The molecule has 0 aromatic heterocycles. The second-order valence-electron chi connectivity index (χ2n) is 4.17. The number of aromatic hydroxyl groups is 1. The zero-order valence-corrected chi connectivity index (χ0v) is 10.2. The number of ether oxygens (including phenoxy) is 1. The summed E-state index contributed by atoms with van der Waals surface area (Å²) in [5, 5.41) is 13.4. The number of hydrogen-bond donors (Lipinski definition) is 2. The maximum atomic E-state index is 11.3. The van der Waals surface area contributed by atoms with E-state index in [-0.39, 0.29) is 17.6 Å². The molecule has 18 heavy (non-hydrogen) atoms. The summed E-state index contributed by atoms with van der Waals surface area (Å²) in [6.07, 6.45) is 3.44. The van der Waals surface area contributed by atoms with Crippen LogP contribution in [0.4, 0.5) is 0 Å². The van der Waals surface area contributed by atoms with E-state index < -0.39 is 0 Å². The Morgan fingerprint density at radius 2 is 2.39 bits per heavy atom. The van der Waals surface area contributed by atoms with E-state index in [1.165, 1.54) is 12.3 Å². The van der Waals surface area contributed by atoms with Crippen LogP contribution in [0.1, 0.15) is 25.3 Å². The largest absolute Gasteiger partial charge is 0.504 e. The lowest BCUT2D eigenvalue weighted by Crippen LogP contribution is -2.18. The molecule has 96 valence electrons. The van der Waals surface area contributed by atoms with Gasteiger partial charge in [-0.1, -0.05) is 0 Å². The Kier molecular flexibility index (Phi) is 3.82. The Morgan fingerprint density at radius 3 is 3.06 bits per heavy atom. The van der Waals surface area contributed by atoms with Crippen LogP contribution >= 0.6 is 0 Å². The molecule has 0 radical (unpaired) electrons. The van der Waals surface area contributed by atoms with Crippen LogP contribution in [0.2, 0.25) is 0 Å². The van der Waals surface area contributed by atoms with Crippen LogP contribution in [0.3, 0.4) is 0 Å². The average Bonchev–Trinajstić information content (AvgIpc) is 3.17. The van der Waals surface area contributed by atoms with Crippen molar-refractivity contribution in [3.8, 4) is 11.5 Å². The van der Waals surface area contributed by atoms with Crippen LogP contribution in [0.15, 0.2) is 23.3 Å². The molecule has 0 spiro atoms. The normalized spacial score (nSPS) is 14.7. The summed E-state index contributed by atoms with van der Waals surface area (Å²) in [6, 6.07) is 4.91. The predicted molar refractivity (Wildman–Crippen MR) is 67.7 cm³/mol. The number of nitrogens with zero attached hydrogens (tertiary/aromatic N) is 1. The highest BCUT2D eigenvalue weighted by molar-refractivity contribution is 5.84. The van der Waals surface area contributed by atoms with Gasteiger partial charge in [-0.2, -0.15) is 5.10 Å². The fourth-order valence-corrected chi connectivity index (χ4v) is 1.49. The molecule has 2 N–H and O–H groups in total. The zero-order chi connectivity index (χ0) is 13.0. The molecule has 1 amide bonds. The van der Waals surface area contributed by atoms with Crippen LogP contribution in [0.5, 0.6) is 11.5 Å². The molecule has 1 fully saturated rings. The molecule has 0 unspecified atom stereocenters. The summed E-state index contributed by atoms with van der Waals surface area (Å²) in [5.74, 6) is 0.613. The first-order chi connectivity index (χ1) is 8.70. The number of nitrogens with one attached hydrogen (secondary N) is 1. The number of benzene rings is 1. The van der Waals surface area contributed by atoms with Crippen molar-refractivity contribution in [2.45, 2.75) is 19.8 Å². The highest BCUT2D eigenvalue weighted by Gasteiger charge is 2.29. The van der Waals surface area contributed by atoms with Crippen LogP contribution in [0, 0.1) is 5.92 Å². The van der Waals surface area contributed by atoms with E-state index in [2.05, 4.69) is 10.5 Å². The second-order valence-corrected chi connectivity index (χ2v) is 4.17. The van der Waals surface area contributed by atoms with Crippen LogP contribution < -0.4 is 10.2 Å². The van der Waals surface area contributed by atoms with Gasteiger partial charge in [-0.15, -0.1) is 0 Å². The van der Waals surface area contributed by atoms with Gasteiger partial charge in [0.2, 0.25) is 5.91 Å². The molecule has 1 aromatic carbocycles. The maximum Gasteiger partial charge on any atom is 0.243 e. The third-order valence-electron chi connectivity index (χ3n) is 2.62. The van der Waals surface area contributed by atoms with Gasteiger partial charge in [-0.3, -0.25) is 4.79 Å². The fourth-order valence-electron chi connectivity index (χ4n) is 1.49. The van der Waals surface area contributed by atoms with E-state index >= 15 is 0 Å². The molecule has 1 aliphatic carbocycles. The molecule has 0 aliphatic heterocycles. The van der Waals surface area contributed by atoms with Gasteiger partial charge in [0.05, 0.1) is 12.8 Å². The number of carbonyl (C=O) groups excluding carboxylic acids is 1. The Hall–Kier alpha value is -2.04. The van der Waals surface area contributed by atoms with Gasteiger partial charge >= 0.3 is 0 Å². The minimum atomic E-state index is -0.0324. The number of phenols is 1. The summed E-state index contributed by atoms with van der Waals surface area (Å²) in [4.78, 5) is 11.3. The number of hydrogen-bond acceptors (Lipinski definition) is 4. The Labute approximate surface area is 105 Å². The third kappa shape index (κ3) is 3.23. The average molecular weight is 248 g/mol. The zero-order valence-electron chi connectivity index (χ0n) is 10.2. The van der Waals surface area contributed by atoms with Crippen molar-refractivity contribution >= 4 is 12.1 Å². The Balaban J connectivity index is 1.97. The molecule has 0 bridgehead atoms. The molecular weight excluding hydrogens is 232 g/mol. The molecule has 2 rings (SSSR count). The maximum absolute atomic E-state index is 11.3. The monoisotopic (exact) mass is 248 g/mol. The third-order valence-corrected chi connectivity index (χ3v) is 2.62. The molecule has 5 nitrogen and oxygen atoms in total. The first-order valence-corrected chi connectivity index (χ1v) is 5.99. The van der Waals surface area contributed by atoms with Gasteiger partial charge < -0.3 is 9.84 Å². The lowest BCUT2D eigenvalue weighted by Gasteiger charge is -2.05. The van der Waals surface area contributed by atoms with Crippen molar-refractivity contribution in [3.63, 3.8) is 0 Å². The highest BCUT2D eigenvalue weighted by Crippen LogP contribution is 2.28. The minimum Gasteiger partial charge on any atom is -0.504 e. The topological polar surface area (TPSA) is 70.9 Å². The molecule has 1 saturated carbocycles. The number of carbonyl (C=O) groups is 1.